The van der Waals surface area contributed by atoms with Gasteiger partial charge in [-0.1, -0.05) is 18.2 Å². The standard InChI is InChI=1S/C18H18N2O4S/c1-18(2)14(17(23)24)20-15(22)12(16(20)25-18)13(21)10-7-9-5-3-4-6-11(9)19-8-10/h3-8,12-14,16,21H,1-2H3,(H,23,24)/t12-,13?,14+,16-/m1/s1. The molecule has 2 saturated heterocycles. The van der Waals surface area contributed by atoms with Crippen molar-refractivity contribution in [3.63, 3.8) is 0 Å². The highest BCUT2D eigenvalue weighted by Gasteiger charge is 2.65. The summed E-state index contributed by atoms with van der Waals surface area (Å²) in [7, 11) is 0. The van der Waals surface area contributed by atoms with Gasteiger partial charge < -0.3 is 15.1 Å². The van der Waals surface area contributed by atoms with Crippen molar-refractivity contribution in [1.29, 1.82) is 0 Å². The summed E-state index contributed by atoms with van der Waals surface area (Å²) in [5, 5.41) is 20.8. The zero-order valence-electron chi connectivity index (χ0n) is 13.8. The lowest BCUT2D eigenvalue weighted by molar-refractivity contribution is -0.169. The van der Waals surface area contributed by atoms with Crippen LogP contribution in [0.1, 0.15) is 25.5 Å². The summed E-state index contributed by atoms with van der Waals surface area (Å²) in [6.07, 6.45) is 0.587. The summed E-state index contributed by atoms with van der Waals surface area (Å²) < 4.78 is -0.595. The SMILES string of the molecule is CC1(C)S[C@@H]2[C@H](C(O)c3cnc4ccccc4c3)C(=O)N2[C@H]1C(=O)O. The molecule has 3 heterocycles. The Morgan fingerprint density at radius 2 is 2.08 bits per heavy atom. The van der Waals surface area contributed by atoms with Gasteiger partial charge in [0.05, 0.1) is 22.9 Å². The number of carbonyl (C=O) groups is 2. The van der Waals surface area contributed by atoms with E-state index < -0.39 is 28.8 Å². The van der Waals surface area contributed by atoms with Crippen LogP contribution in [0.2, 0.25) is 0 Å². The molecular weight excluding hydrogens is 340 g/mol. The lowest BCUT2D eigenvalue weighted by Crippen LogP contribution is -2.63. The number of benzene rings is 1. The summed E-state index contributed by atoms with van der Waals surface area (Å²) >= 11 is 1.44. The number of nitrogens with zero attached hydrogens (tertiary/aromatic N) is 2. The fourth-order valence-corrected chi connectivity index (χ4v) is 5.51. The van der Waals surface area contributed by atoms with Crippen LogP contribution in [0.15, 0.2) is 36.5 Å². The Labute approximate surface area is 148 Å². The zero-order valence-corrected chi connectivity index (χ0v) is 14.6. The van der Waals surface area contributed by atoms with E-state index in [-0.39, 0.29) is 11.3 Å². The molecule has 2 aliphatic rings. The number of β-lactam (4-membered cyclic amide) rings is 1. The predicted molar refractivity (Wildman–Crippen MR) is 93.9 cm³/mol. The zero-order chi connectivity index (χ0) is 17.9. The molecular formula is C18H18N2O4S. The molecule has 4 rings (SSSR count). The third kappa shape index (κ3) is 2.33. The highest BCUT2D eigenvalue weighted by atomic mass is 32.2. The fraction of sp³-hybridized carbons (Fsp3) is 0.389. The maximum atomic E-state index is 12.6. The van der Waals surface area contributed by atoms with E-state index in [1.54, 1.807) is 6.20 Å². The smallest absolute Gasteiger partial charge is 0.327 e. The molecule has 1 aromatic heterocycles. The second-order valence-electron chi connectivity index (χ2n) is 7.03. The van der Waals surface area contributed by atoms with Crippen molar-refractivity contribution in [3.8, 4) is 0 Å². The Bertz CT molecular complexity index is 884. The van der Waals surface area contributed by atoms with Crippen molar-refractivity contribution >= 4 is 34.5 Å². The van der Waals surface area contributed by atoms with Crippen molar-refractivity contribution < 1.29 is 19.8 Å². The average Bonchev–Trinajstić information content (AvgIpc) is 2.82. The molecule has 25 heavy (non-hydrogen) atoms. The number of para-hydroxylation sites is 1. The van der Waals surface area contributed by atoms with Gasteiger partial charge in [0, 0.05) is 21.9 Å². The number of aliphatic hydroxyl groups excluding tert-OH is 1. The first-order valence-electron chi connectivity index (χ1n) is 8.07. The van der Waals surface area contributed by atoms with Gasteiger partial charge in [-0.05, 0) is 26.0 Å². The normalized spacial score (nSPS) is 28.5. The van der Waals surface area contributed by atoms with Crippen LogP contribution < -0.4 is 0 Å². The van der Waals surface area contributed by atoms with Crippen molar-refractivity contribution in [1.82, 2.24) is 9.88 Å². The highest BCUT2D eigenvalue weighted by molar-refractivity contribution is 8.01. The van der Waals surface area contributed by atoms with E-state index in [0.717, 1.165) is 10.9 Å². The number of hydrogen-bond acceptors (Lipinski definition) is 5. The van der Waals surface area contributed by atoms with Gasteiger partial charge in [0.15, 0.2) is 0 Å². The van der Waals surface area contributed by atoms with Crippen LogP contribution in [-0.4, -0.2) is 48.1 Å². The van der Waals surface area contributed by atoms with E-state index in [9.17, 15) is 19.8 Å². The lowest BCUT2D eigenvalue weighted by Gasteiger charge is -2.45. The largest absolute Gasteiger partial charge is 0.480 e. The van der Waals surface area contributed by atoms with Gasteiger partial charge >= 0.3 is 5.97 Å². The minimum atomic E-state index is -1.01. The Morgan fingerprint density at radius 3 is 2.80 bits per heavy atom. The molecule has 1 unspecified atom stereocenters. The summed E-state index contributed by atoms with van der Waals surface area (Å²) in [6, 6.07) is 8.54. The second-order valence-corrected chi connectivity index (χ2v) is 8.80. The van der Waals surface area contributed by atoms with E-state index >= 15 is 0 Å². The van der Waals surface area contributed by atoms with Gasteiger partial charge in [-0.15, -0.1) is 11.8 Å². The number of hydrogen-bond donors (Lipinski definition) is 2. The molecule has 1 aromatic carbocycles. The molecule has 2 aliphatic heterocycles. The molecule has 130 valence electrons. The van der Waals surface area contributed by atoms with Gasteiger partial charge in [0.1, 0.15) is 6.04 Å². The van der Waals surface area contributed by atoms with E-state index in [4.69, 9.17) is 0 Å². The molecule has 6 nitrogen and oxygen atoms in total. The molecule has 0 aliphatic carbocycles. The molecule has 2 fully saturated rings. The van der Waals surface area contributed by atoms with Crippen molar-refractivity contribution in [2.45, 2.75) is 36.1 Å². The van der Waals surface area contributed by atoms with Gasteiger partial charge in [-0.3, -0.25) is 9.78 Å². The Hall–Kier alpha value is -2.12. The number of carboxylic acid groups (broad SMARTS) is 1. The quantitative estimate of drug-likeness (QED) is 0.816. The van der Waals surface area contributed by atoms with E-state index in [0.29, 0.717) is 5.56 Å². The molecule has 7 heteroatoms. The highest BCUT2D eigenvalue weighted by Crippen LogP contribution is 2.55. The van der Waals surface area contributed by atoms with Crippen molar-refractivity contribution in [2.24, 2.45) is 5.92 Å². The first-order chi connectivity index (χ1) is 11.8. The van der Waals surface area contributed by atoms with E-state index in [1.165, 1.54) is 16.7 Å². The number of carbonyl (C=O) groups excluding carboxylic acids is 1. The van der Waals surface area contributed by atoms with Crippen LogP contribution in [0, 0.1) is 5.92 Å². The maximum absolute atomic E-state index is 12.6. The van der Waals surface area contributed by atoms with Crippen LogP contribution in [-0.2, 0) is 9.59 Å². The van der Waals surface area contributed by atoms with Crippen LogP contribution in [0.5, 0.6) is 0 Å². The van der Waals surface area contributed by atoms with E-state index in [2.05, 4.69) is 4.98 Å². The molecule has 2 aromatic rings. The first-order valence-corrected chi connectivity index (χ1v) is 8.95. The van der Waals surface area contributed by atoms with Crippen molar-refractivity contribution in [2.75, 3.05) is 0 Å². The van der Waals surface area contributed by atoms with Gasteiger partial charge in [0.2, 0.25) is 5.91 Å². The number of carboxylic acids is 1. The number of aromatic nitrogens is 1. The summed E-state index contributed by atoms with van der Waals surface area (Å²) in [6.45, 7) is 3.64. The topological polar surface area (TPSA) is 90.7 Å². The van der Waals surface area contributed by atoms with Crippen molar-refractivity contribution in [3.05, 3.63) is 42.1 Å². The number of fused-ring (bicyclic) bond motifs is 2. The third-order valence-corrected chi connectivity index (χ3v) is 6.60. The first kappa shape index (κ1) is 16.4. The summed E-state index contributed by atoms with van der Waals surface area (Å²) in [4.78, 5) is 29.9. The Kier molecular flexibility index (Phi) is 3.56. The second kappa shape index (κ2) is 5.44. The number of rotatable bonds is 3. The number of aliphatic hydroxyl groups is 1. The van der Waals surface area contributed by atoms with Gasteiger partial charge in [-0.25, -0.2) is 4.79 Å². The molecule has 0 bridgehead atoms. The molecule has 0 saturated carbocycles. The minimum Gasteiger partial charge on any atom is -0.480 e. The number of aliphatic carboxylic acids is 1. The van der Waals surface area contributed by atoms with Crippen LogP contribution in [0.25, 0.3) is 10.9 Å². The van der Waals surface area contributed by atoms with Gasteiger partial charge in [-0.2, -0.15) is 0 Å². The minimum absolute atomic E-state index is 0.309. The molecule has 0 spiro atoms. The lowest BCUT2D eigenvalue weighted by atomic mass is 9.85. The maximum Gasteiger partial charge on any atom is 0.327 e. The number of thioether (sulfide) groups is 1. The molecule has 4 atom stereocenters. The average molecular weight is 358 g/mol. The fourth-order valence-electron chi connectivity index (χ4n) is 3.79. The number of amides is 1. The van der Waals surface area contributed by atoms with E-state index in [1.807, 2.05) is 44.2 Å². The predicted octanol–water partition coefficient (Wildman–Crippen LogP) is 2.03. The third-order valence-electron chi connectivity index (χ3n) is 5.01. The summed E-state index contributed by atoms with van der Waals surface area (Å²) in [5.41, 5.74) is 1.40. The van der Waals surface area contributed by atoms with Crippen LogP contribution >= 0.6 is 11.8 Å². The number of pyridine rings is 1. The Balaban J connectivity index is 1.64. The van der Waals surface area contributed by atoms with Crippen LogP contribution in [0.4, 0.5) is 0 Å². The van der Waals surface area contributed by atoms with Crippen LogP contribution in [0.3, 0.4) is 0 Å². The molecule has 2 N–H and O–H groups in total. The molecule has 1 amide bonds. The monoisotopic (exact) mass is 358 g/mol. The molecule has 0 radical (unpaired) electrons. The van der Waals surface area contributed by atoms with Gasteiger partial charge in [0.25, 0.3) is 0 Å². The summed E-state index contributed by atoms with van der Waals surface area (Å²) in [5.74, 6) is -1.96. The Morgan fingerprint density at radius 1 is 1.36 bits per heavy atom.